The number of nitrogens with zero attached hydrogens (tertiary/aromatic N) is 1. The number of hydrogen-bond donors (Lipinski definition) is 0. The van der Waals surface area contributed by atoms with E-state index in [-0.39, 0.29) is 11.4 Å². The third kappa shape index (κ3) is 1.87. The molecule has 3 nitrogen and oxygen atoms in total. The molecule has 0 spiro atoms. The van der Waals surface area contributed by atoms with E-state index in [9.17, 15) is 4.79 Å². The fourth-order valence-corrected chi connectivity index (χ4v) is 3.59. The van der Waals surface area contributed by atoms with Crippen molar-refractivity contribution in [2.45, 2.75) is 45.1 Å². The van der Waals surface area contributed by atoms with E-state index in [2.05, 4.69) is 19.9 Å². The summed E-state index contributed by atoms with van der Waals surface area (Å²) < 4.78 is 0. The van der Waals surface area contributed by atoms with Gasteiger partial charge < -0.3 is 0 Å². The van der Waals surface area contributed by atoms with Crippen LogP contribution in [0.25, 0.3) is 0 Å². The van der Waals surface area contributed by atoms with Crippen LogP contribution in [0, 0.1) is 11.8 Å². The van der Waals surface area contributed by atoms with Gasteiger partial charge in [-0.15, -0.1) is 0 Å². The zero-order chi connectivity index (χ0) is 14.3. The van der Waals surface area contributed by atoms with E-state index in [1.54, 1.807) is 12.2 Å². The number of benzene rings is 1. The molecule has 1 aliphatic heterocycles. The van der Waals surface area contributed by atoms with Gasteiger partial charge in [0.2, 0.25) is 0 Å². The number of carbonyl (C=O) groups is 1. The summed E-state index contributed by atoms with van der Waals surface area (Å²) in [6.45, 7) is 4.47. The van der Waals surface area contributed by atoms with Gasteiger partial charge >= 0.3 is 0 Å². The second kappa shape index (κ2) is 4.88. The van der Waals surface area contributed by atoms with Crippen molar-refractivity contribution in [3.8, 4) is 0 Å². The highest BCUT2D eigenvalue weighted by atomic mass is 16.7. The lowest BCUT2D eigenvalue weighted by atomic mass is 9.80. The smallest absolute Gasteiger partial charge is 0.273 e. The highest BCUT2D eigenvalue weighted by molar-refractivity contribution is 5.99. The summed E-state index contributed by atoms with van der Waals surface area (Å²) in [6, 6.07) is 8.03. The molecule has 1 amide bonds. The Bertz CT molecular complexity index is 521. The third-order valence-electron chi connectivity index (χ3n) is 4.71. The van der Waals surface area contributed by atoms with Gasteiger partial charge in [-0.2, -0.15) is 0 Å². The molecule has 1 aliphatic carbocycles. The van der Waals surface area contributed by atoms with E-state index in [0.717, 1.165) is 18.4 Å². The van der Waals surface area contributed by atoms with E-state index < -0.39 is 0 Å². The summed E-state index contributed by atoms with van der Waals surface area (Å²) in [5.41, 5.74) is 1.77. The standard InChI is InChI=1S/C17H23NO2/c1-12(2)10-11-17(13-8-9-13)15-7-5-4-6-14(15)16(19)18(17)20-3/h4-7,12-13H,8-11H2,1-3H3/t17-/m1/s1. The Hall–Kier alpha value is -1.35. The van der Waals surface area contributed by atoms with E-state index >= 15 is 0 Å². The molecule has 1 aromatic rings. The molecule has 1 saturated carbocycles. The van der Waals surface area contributed by atoms with E-state index in [1.807, 2.05) is 18.2 Å². The van der Waals surface area contributed by atoms with Crippen molar-refractivity contribution in [2.24, 2.45) is 11.8 Å². The number of amides is 1. The summed E-state index contributed by atoms with van der Waals surface area (Å²) in [4.78, 5) is 18.2. The minimum absolute atomic E-state index is 0.0266. The highest BCUT2D eigenvalue weighted by Gasteiger charge is 2.58. The molecule has 3 rings (SSSR count). The van der Waals surface area contributed by atoms with Crippen LogP contribution in [0.3, 0.4) is 0 Å². The van der Waals surface area contributed by atoms with Crippen LogP contribution in [-0.4, -0.2) is 18.1 Å². The summed E-state index contributed by atoms with van der Waals surface area (Å²) >= 11 is 0. The summed E-state index contributed by atoms with van der Waals surface area (Å²) in [5, 5.41) is 1.66. The van der Waals surface area contributed by atoms with E-state index in [4.69, 9.17) is 4.84 Å². The zero-order valence-corrected chi connectivity index (χ0v) is 12.6. The largest absolute Gasteiger partial charge is 0.278 e. The summed E-state index contributed by atoms with van der Waals surface area (Å²) in [5.74, 6) is 1.21. The van der Waals surface area contributed by atoms with Crippen molar-refractivity contribution >= 4 is 5.91 Å². The van der Waals surface area contributed by atoms with Gasteiger partial charge in [-0.05, 0) is 49.1 Å². The highest BCUT2D eigenvalue weighted by Crippen LogP contribution is 2.56. The van der Waals surface area contributed by atoms with Crippen LogP contribution in [0.2, 0.25) is 0 Å². The van der Waals surface area contributed by atoms with Crippen molar-refractivity contribution in [2.75, 3.05) is 7.11 Å². The first-order valence-electron chi connectivity index (χ1n) is 7.59. The average Bonchev–Trinajstić information content (AvgIpc) is 3.25. The Morgan fingerprint density at radius 2 is 2.05 bits per heavy atom. The van der Waals surface area contributed by atoms with Crippen LogP contribution in [0.15, 0.2) is 24.3 Å². The second-order valence-electron chi connectivity index (χ2n) is 6.46. The lowest BCUT2D eigenvalue weighted by molar-refractivity contribution is -0.170. The van der Waals surface area contributed by atoms with Crippen molar-refractivity contribution in [1.29, 1.82) is 0 Å². The molecule has 0 aromatic heterocycles. The number of fused-ring (bicyclic) bond motifs is 1. The van der Waals surface area contributed by atoms with Crippen LogP contribution in [-0.2, 0) is 10.4 Å². The molecule has 0 saturated heterocycles. The number of hydrogen-bond acceptors (Lipinski definition) is 2. The lowest BCUT2D eigenvalue weighted by Crippen LogP contribution is -2.45. The van der Waals surface area contributed by atoms with Crippen molar-refractivity contribution < 1.29 is 9.63 Å². The predicted octanol–water partition coefficient (Wildman–Crippen LogP) is 3.75. The maximum atomic E-state index is 12.6. The van der Waals surface area contributed by atoms with Crippen LogP contribution < -0.4 is 0 Å². The summed E-state index contributed by atoms with van der Waals surface area (Å²) in [6.07, 6.45) is 4.49. The van der Waals surface area contributed by atoms with Crippen LogP contribution in [0.5, 0.6) is 0 Å². The maximum absolute atomic E-state index is 12.6. The Balaban J connectivity index is 2.08. The van der Waals surface area contributed by atoms with Crippen molar-refractivity contribution in [3.05, 3.63) is 35.4 Å². The molecule has 0 radical (unpaired) electrons. The molecule has 1 heterocycles. The number of rotatable bonds is 5. The summed E-state index contributed by atoms with van der Waals surface area (Å²) in [7, 11) is 1.62. The maximum Gasteiger partial charge on any atom is 0.278 e. The van der Waals surface area contributed by atoms with Gasteiger partial charge in [-0.3, -0.25) is 9.63 Å². The van der Waals surface area contributed by atoms with Crippen molar-refractivity contribution in [3.63, 3.8) is 0 Å². The molecule has 20 heavy (non-hydrogen) atoms. The molecule has 1 atom stereocenters. The Labute approximate surface area is 120 Å². The van der Waals surface area contributed by atoms with Gasteiger partial charge in [0.25, 0.3) is 5.91 Å². The molecule has 108 valence electrons. The molecule has 1 fully saturated rings. The van der Waals surface area contributed by atoms with E-state index in [0.29, 0.717) is 11.8 Å². The fraction of sp³-hybridized carbons (Fsp3) is 0.588. The molecule has 0 N–H and O–H groups in total. The van der Waals surface area contributed by atoms with Gasteiger partial charge in [-0.25, -0.2) is 5.06 Å². The first kappa shape index (κ1) is 13.6. The topological polar surface area (TPSA) is 29.5 Å². The minimum atomic E-state index is -0.229. The lowest BCUT2D eigenvalue weighted by Gasteiger charge is -2.38. The van der Waals surface area contributed by atoms with Crippen LogP contribution >= 0.6 is 0 Å². The number of hydroxylamine groups is 2. The first-order chi connectivity index (χ1) is 9.61. The Morgan fingerprint density at radius 3 is 2.65 bits per heavy atom. The quantitative estimate of drug-likeness (QED) is 0.817. The Morgan fingerprint density at radius 1 is 1.35 bits per heavy atom. The van der Waals surface area contributed by atoms with Crippen LogP contribution in [0.4, 0.5) is 0 Å². The third-order valence-corrected chi connectivity index (χ3v) is 4.71. The molecule has 0 bridgehead atoms. The van der Waals surface area contributed by atoms with Gasteiger partial charge in [-0.1, -0.05) is 32.0 Å². The van der Waals surface area contributed by atoms with Gasteiger partial charge in [0, 0.05) is 5.56 Å². The van der Waals surface area contributed by atoms with Crippen LogP contribution in [0.1, 0.15) is 55.5 Å². The van der Waals surface area contributed by atoms with Gasteiger partial charge in [0.1, 0.15) is 0 Å². The number of carbonyl (C=O) groups excluding carboxylic acids is 1. The van der Waals surface area contributed by atoms with E-state index in [1.165, 1.54) is 18.4 Å². The second-order valence-corrected chi connectivity index (χ2v) is 6.46. The fourth-order valence-electron chi connectivity index (χ4n) is 3.59. The predicted molar refractivity (Wildman–Crippen MR) is 78.1 cm³/mol. The first-order valence-corrected chi connectivity index (χ1v) is 7.59. The zero-order valence-electron chi connectivity index (χ0n) is 12.6. The normalized spacial score (nSPS) is 25.4. The monoisotopic (exact) mass is 273 g/mol. The molecular weight excluding hydrogens is 250 g/mol. The molecule has 3 heteroatoms. The Kier molecular flexibility index (Phi) is 3.33. The molecular formula is C17H23NO2. The average molecular weight is 273 g/mol. The molecule has 0 unspecified atom stereocenters. The van der Waals surface area contributed by atoms with Crippen molar-refractivity contribution in [1.82, 2.24) is 5.06 Å². The molecule has 1 aromatic carbocycles. The minimum Gasteiger partial charge on any atom is -0.273 e. The SMILES string of the molecule is CON1C(=O)c2ccccc2[C@@]1(CCC(C)C)C1CC1. The van der Waals surface area contributed by atoms with Gasteiger partial charge in [0.15, 0.2) is 0 Å². The van der Waals surface area contributed by atoms with Gasteiger partial charge in [0.05, 0.1) is 12.6 Å². The molecule has 2 aliphatic rings.